The first-order chi connectivity index (χ1) is 16.3. The Morgan fingerprint density at radius 1 is 1.06 bits per heavy atom. The summed E-state index contributed by atoms with van der Waals surface area (Å²) in [7, 11) is -0.893. The molecule has 4 rings (SSSR count). The van der Waals surface area contributed by atoms with E-state index in [2.05, 4.69) is 24.9 Å². The Morgan fingerprint density at radius 2 is 1.79 bits per heavy atom. The Morgan fingerprint density at radius 3 is 2.38 bits per heavy atom. The molecule has 0 aliphatic heterocycles. The number of methoxy groups -OCH3 is 2. The number of nitrogens with zero attached hydrogens (tertiary/aromatic N) is 5. The molecule has 0 aliphatic carbocycles. The first-order valence-corrected chi connectivity index (χ1v) is 11.9. The third-order valence-electron chi connectivity index (χ3n) is 5.12. The molecule has 1 aromatic carbocycles. The molecule has 0 fully saturated rings. The quantitative estimate of drug-likeness (QED) is 0.380. The fraction of sp³-hybridized carbons (Fsp3) is 0.273. The third kappa shape index (κ3) is 4.57. The molecule has 12 heteroatoms. The molecule has 1 N–H and O–H groups in total. The van der Waals surface area contributed by atoms with E-state index >= 15 is 0 Å². The van der Waals surface area contributed by atoms with Gasteiger partial charge in [-0.3, -0.25) is 19.3 Å². The van der Waals surface area contributed by atoms with E-state index < -0.39 is 15.3 Å². The van der Waals surface area contributed by atoms with Crippen LogP contribution < -0.4 is 14.2 Å². The number of nitrogens with one attached hydrogen (secondary N) is 1. The molecular weight excluding hydrogens is 460 g/mol. The van der Waals surface area contributed by atoms with Gasteiger partial charge in [-0.05, 0) is 38.1 Å². The standard InChI is InChI=1S/C22H24N6O5S/c1-14-12-24-16(13-23-14)11-15(2)34(29,30)27-22-26-25-21(19-9-6-10-33-19)28(22)20-17(31-3)7-5-8-18(20)32-4/h5-10,12-13,15H,11H2,1-4H3,(H,26,27)/t15-/m0/s1. The minimum atomic E-state index is -3.90. The summed E-state index contributed by atoms with van der Waals surface area (Å²) in [5.41, 5.74) is 1.73. The second-order valence-corrected chi connectivity index (χ2v) is 9.58. The number of para-hydroxylation sites is 1. The number of aryl methyl sites for hydroxylation is 1. The van der Waals surface area contributed by atoms with Crippen LogP contribution in [0.2, 0.25) is 0 Å². The van der Waals surface area contributed by atoms with Gasteiger partial charge in [0, 0.05) is 18.8 Å². The molecule has 3 heterocycles. The second-order valence-electron chi connectivity index (χ2n) is 7.48. The molecule has 1 atom stereocenters. The summed E-state index contributed by atoms with van der Waals surface area (Å²) in [4.78, 5) is 8.43. The van der Waals surface area contributed by atoms with E-state index in [-0.39, 0.29) is 18.2 Å². The Balaban J connectivity index is 1.77. The van der Waals surface area contributed by atoms with Crippen molar-refractivity contribution in [3.05, 3.63) is 60.4 Å². The smallest absolute Gasteiger partial charge is 0.243 e. The SMILES string of the molecule is COc1cccc(OC)c1-n1c(NS(=O)(=O)[C@@H](C)Cc2cnc(C)cn2)nnc1-c1ccco1. The third-order valence-corrected chi connectivity index (χ3v) is 6.82. The van der Waals surface area contributed by atoms with E-state index in [0.717, 1.165) is 5.69 Å². The Hall–Kier alpha value is -3.93. The van der Waals surface area contributed by atoms with Gasteiger partial charge in [-0.25, -0.2) is 8.42 Å². The number of furan rings is 1. The maximum atomic E-state index is 13.2. The van der Waals surface area contributed by atoms with E-state index in [0.29, 0.717) is 28.6 Å². The molecule has 0 saturated heterocycles. The van der Waals surface area contributed by atoms with Gasteiger partial charge < -0.3 is 13.9 Å². The molecule has 0 aliphatic rings. The van der Waals surface area contributed by atoms with Crippen molar-refractivity contribution in [2.75, 3.05) is 18.9 Å². The Labute approximate surface area is 196 Å². The van der Waals surface area contributed by atoms with Gasteiger partial charge in [0.05, 0.1) is 37.1 Å². The molecule has 3 aromatic heterocycles. The van der Waals surface area contributed by atoms with Crippen LogP contribution in [-0.4, -0.2) is 52.6 Å². The summed E-state index contributed by atoms with van der Waals surface area (Å²) in [5.74, 6) is 1.46. The van der Waals surface area contributed by atoms with Gasteiger partial charge in [0.1, 0.15) is 17.2 Å². The first kappa shape index (κ1) is 23.2. The van der Waals surface area contributed by atoms with E-state index in [9.17, 15) is 8.42 Å². The summed E-state index contributed by atoms with van der Waals surface area (Å²) in [6.07, 6.45) is 4.82. The lowest BCUT2D eigenvalue weighted by Gasteiger charge is -2.18. The predicted octanol–water partition coefficient (Wildman–Crippen LogP) is 3.02. The van der Waals surface area contributed by atoms with Crippen molar-refractivity contribution in [3.8, 4) is 28.8 Å². The van der Waals surface area contributed by atoms with Gasteiger partial charge in [0.15, 0.2) is 5.76 Å². The summed E-state index contributed by atoms with van der Waals surface area (Å²) >= 11 is 0. The summed E-state index contributed by atoms with van der Waals surface area (Å²) in [6.45, 7) is 3.40. The predicted molar refractivity (Wildman–Crippen MR) is 125 cm³/mol. The molecule has 0 saturated carbocycles. The lowest BCUT2D eigenvalue weighted by atomic mass is 10.2. The maximum absolute atomic E-state index is 13.2. The molecule has 34 heavy (non-hydrogen) atoms. The van der Waals surface area contributed by atoms with Crippen LogP contribution in [0.15, 0.2) is 53.4 Å². The largest absolute Gasteiger partial charge is 0.494 e. The molecular formula is C22H24N6O5S. The van der Waals surface area contributed by atoms with Crippen LogP contribution >= 0.6 is 0 Å². The first-order valence-electron chi connectivity index (χ1n) is 10.3. The van der Waals surface area contributed by atoms with Crippen LogP contribution in [0.25, 0.3) is 17.3 Å². The zero-order valence-corrected chi connectivity index (χ0v) is 19.9. The molecule has 0 bridgehead atoms. The molecule has 4 aromatic rings. The maximum Gasteiger partial charge on any atom is 0.243 e. The summed E-state index contributed by atoms with van der Waals surface area (Å²) in [6, 6.07) is 8.59. The van der Waals surface area contributed by atoms with Crippen LogP contribution in [0.4, 0.5) is 5.95 Å². The number of sulfonamides is 1. The minimum Gasteiger partial charge on any atom is -0.494 e. The van der Waals surface area contributed by atoms with Crippen molar-refractivity contribution in [1.82, 2.24) is 24.7 Å². The molecule has 0 amide bonds. The number of benzene rings is 1. The highest BCUT2D eigenvalue weighted by atomic mass is 32.2. The molecule has 11 nitrogen and oxygen atoms in total. The van der Waals surface area contributed by atoms with Crippen LogP contribution in [0.5, 0.6) is 11.5 Å². The van der Waals surface area contributed by atoms with Crippen molar-refractivity contribution in [2.24, 2.45) is 0 Å². The number of hydrogen-bond acceptors (Lipinski definition) is 9. The van der Waals surface area contributed by atoms with E-state index in [1.165, 1.54) is 25.0 Å². The van der Waals surface area contributed by atoms with Crippen LogP contribution in [0.3, 0.4) is 0 Å². The second kappa shape index (κ2) is 9.51. The summed E-state index contributed by atoms with van der Waals surface area (Å²) in [5, 5.41) is 7.46. The van der Waals surface area contributed by atoms with Crippen LogP contribution in [-0.2, 0) is 16.4 Å². The van der Waals surface area contributed by atoms with Crippen molar-refractivity contribution >= 4 is 16.0 Å². The highest BCUT2D eigenvalue weighted by Crippen LogP contribution is 2.37. The van der Waals surface area contributed by atoms with Gasteiger partial charge in [-0.1, -0.05) is 6.07 Å². The topological polar surface area (TPSA) is 134 Å². The number of ether oxygens (including phenoxy) is 2. The number of anilines is 1. The van der Waals surface area contributed by atoms with Gasteiger partial charge in [0.25, 0.3) is 0 Å². The Kier molecular flexibility index (Phi) is 6.50. The van der Waals surface area contributed by atoms with Crippen LogP contribution in [0, 0.1) is 6.92 Å². The van der Waals surface area contributed by atoms with Gasteiger partial charge in [-0.2, -0.15) is 0 Å². The fourth-order valence-electron chi connectivity index (χ4n) is 3.34. The Bertz CT molecular complexity index is 1350. The molecule has 0 radical (unpaired) electrons. The van der Waals surface area contributed by atoms with Gasteiger partial charge in [-0.15, -0.1) is 10.2 Å². The monoisotopic (exact) mass is 484 g/mol. The minimum absolute atomic E-state index is 0.0453. The average Bonchev–Trinajstić information content (AvgIpc) is 3.49. The average molecular weight is 485 g/mol. The number of aromatic nitrogens is 5. The van der Waals surface area contributed by atoms with E-state index in [1.54, 1.807) is 49.6 Å². The lowest BCUT2D eigenvalue weighted by Crippen LogP contribution is -2.29. The molecule has 178 valence electrons. The van der Waals surface area contributed by atoms with Crippen molar-refractivity contribution < 1.29 is 22.3 Å². The van der Waals surface area contributed by atoms with Gasteiger partial charge in [0.2, 0.25) is 21.8 Å². The molecule has 0 unspecified atom stereocenters. The van der Waals surface area contributed by atoms with Crippen molar-refractivity contribution in [3.63, 3.8) is 0 Å². The van der Waals surface area contributed by atoms with Crippen molar-refractivity contribution in [2.45, 2.75) is 25.5 Å². The molecule has 0 spiro atoms. The summed E-state index contributed by atoms with van der Waals surface area (Å²) < 4.78 is 47.1. The van der Waals surface area contributed by atoms with E-state index in [1.807, 2.05) is 6.92 Å². The zero-order valence-electron chi connectivity index (χ0n) is 19.1. The zero-order chi connectivity index (χ0) is 24.3. The van der Waals surface area contributed by atoms with E-state index in [4.69, 9.17) is 13.9 Å². The van der Waals surface area contributed by atoms with Gasteiger partial charge >= 0.3 is 0 Å². The van der Waals surface area contributed by atoms with Crippen molar-refractivity contribution in [1.29, 1.82) is 0 Å². The highest BCUT2D eigenvalue weighted by Gasteiger charge is 2.29. The highest BCUT2D eigenvalue weighted by molar-refractivity contribution is 7.93. The number of hydrogen-bond donors (Lipinski definition) is 1. The normalized spacial score (nSPS) is 12.4. The number of rotatable bonds is 9. The lowest BCUT2D eigenvalue weighted by molar-refractivity contribution is 0.391. The van der Waals surface area contributed by atoms with Crippen LogP contribution in [0.1, 0.15) is 18.3 Å². The fourth-order valence-corrected chi connectivity index (χ4v) is 4.31.